The number of ether oxygens (including phenoxy) is 2. The van der Waals surface area contributed by atoms with E-state index in [2.05, 4.69) is 72.8 Å². The molecular weight excluding hydrogens is 404 g/mol. The lowest BCUT2D eigenvalue weighted by molar-refractivity contribution is -0.182. The number of carbonyl (C=O) groups is 1. The Balaban J connectivity index is 1.82. The summed E-state index contributed by atoms with van der Waals surface area (Å²) in [5.41, 5.74) is 0. The van der Waals surface area contributed by atoms with Crippen LogP contribution in [0.1, 0.15) is 13.8 Å². The molecule has 0 unspecified atom stereocenters. The summed E-state index contributed by atoms with van der Waals surface area (Å²) in [6.07, 6.45) is 2.45. The summed E-state index contributed by atoms with van der Waals surface area (Å²) in [4.78, 5) is 11.3. The third kappa shape index (κ3) is 4.54. The molecule has 0 fully saturated rings. The molecule has 0 bridgehead atoms. The van der Waals surface area contributed by atoms with Crippen LogP contribution in [-0.2, 0) is 18.7 Å². The number of hydrogen-bond acceptors (Lipinski definition) is 4. The molecule has 0 aliphatic carbocycles. The predicted octanol–water partition coefficient (Wildman–Crippen LogP) is 2.90. The molecule has 4 nitrogen and oxygen atoms in total. The Bertz CT molecular complexity index is 924. The SMILES string of the molecule is CC(=O)O[C@H]1C=C[C@H](O[Si](c2ccccc2)(c2ccccc2)c2ccccc2)[C@H](C)O1. The Kier molecular flexibility index (Phi) is 6.46. The van der Waals surface area contributed by atoms with Gasteiger partial charge in [0.15, 0.2) is 0 Å². The van der Waals surface area contributed by atoms with E-state index in [4.69, 9.17) is 13.9 Å². The normalized spacial score (nSPS) is 20.9. The van der Waals surface area contributed by atoms with Gasteiger partial charge in [-0.2, -0.15) is 0 Å². The van der Waals surface area contributed by atoms with Crippen molar-refractivity contribution in [2.24, 2.45) is 0 Å². The molecule has 1 heterocycles. The first-order chi connectivity index (χ1) is 15.1. The van der Waals surface area contributed by atoms with Gasteiger partial charge in [-0.3, -0.25) is 4.79 Å². The van der Waals surface area contributed by atoms with E-state index in [0.717, 1.165) is 15.6 Å². The van der Waals surface area contributed by atoms with E-state index in [9.17, 15) is 4.79 Å². The van der Waals surface area contributed by atoms with Crippen LogP contribution in [-0.4, -0.2) is 32.8 Å². The third-order valence-electron chi connectivity index (χ3n) is 5.41. The molecular formula is C26H26O4Si. The fourth-order valence-electron chi connectivity index (χ4n) is 3.98. The largest absolute Gasteiger partial charge is 0.432 e. The van der Waals surface area contributed by atoms with Crippen molar-refractivity contribution in [3.05, 3.63) is 103 Å². The van der Waals surface area contributed by atoms with Crippen LogP contribution in [0.2, 0.25) is 0 Å². The molecule has 4 rings (SSSR count). The quantitative estimate of drug-likeness (QED) is 0.261. The molecule has 3 aromatic carbocycles. The van der Waals surface area contributed by atoms with Crippen LogP contribution < -0.4 is 15.6 Å². The van der Waals surface area contributed by atoms with Crippen molar-refractivity contribution >= 4 is 29.8 Å². The van der Waals surface area contributed by atoms with E-state index >= 15 is 0 Å². The van der Waals surface area contributed by atoms with Gasteiger partial charge in [0, 0.05) is 6.92 Å². The van der Waals surface area contributed by atoms with Gasteiger partial charge in [0.05, 0.1) is 12.2 Å². The van der Waals surface area contributed by atoms with Gasteiger partial charge < -0.3 is 13.9 Å². The van der Waals surface area contributed by atoms with Gasteiger partial charge in [0.25, 0.3) is 8.32 Å². The summed E-state index contributed by atoms with van der Waals surface area (Å²) in [6.45, 7) is 3.33. The standard InChI is InChI=1S/C26H26O4Si/c1-20-25(18-19-26(28-20)29-21(2)27)30-31(22-12-6-3-7-13-22,23-14-8-4-9-15-23)24-16-10-5-11-17-24/h3-20,25-26H,1-2H3/t20-,25-,26-/m0/s1. The summed E-state index contributed by atoms with van der Waals surface area (Å²) >= 11 is 0. The smallest absolute Gasteiger partial charge is 0.305 e. The molecule has 5 heteroatoms. The van der Waals surface area contributed by atoms with E-state index in [-0.39, 0.29) is 18.2 Å². The van der Waals surface area contributed by atoms with Gasteiger partial charge in [-0.05, 0) is 28.6 Å². The summed E-state index contributed by atoms with van der Waals surface area (Å²) < 4.78 is 18.2. The van der Waals surface area contributed by atoms with Crippen molar-refractivity contribution in [3.8, 4) is 0 Å². The molecule has 31 heavy (non-hydrogen) atoms. The van der Waals surface area contributed by atoms with Crippen molar-refractivity contribution in [3.63, 3.8) is 0 Å². The molecule has 3 atom stereocenters. The van der Waals surface area contributed by atoms with E-state index in [1.807, 2.05) is 31.2 Å². The molecule has 0 aromatic heterocycles. The molecule has 0 saturated heterocycles. The van der Waals surface area contributed by atoms with E-state index in [1.165, 1.54) is 6.92 Å². The summed E-state index contributed by atoms with van der Waals surface area (Å²) in [5, 5.41) is 3.49. The van der Waals surface area contributed by atoms with Gasteiger partial charge in [-0.25, -0.2) is 0 Å². The average Bonchev–Trinajstić information content (AvgIpc) is 2.80. The monoisotopic (exact) mass is 430 g/mol. The first-order valence-electron chi connectivity index (χ1n) is 10.4. The second kappa shape index (κ2) is 9.43. The van der Waals surface area contributed by atoms with Crippen LogP contribution in [0.5, 0.6) is 0 Å². The maximum Gasteiger partial charge on any atom is 0.305 e. The van der Waals surface area contributed by atoms with E-state index in [0.29, 0.717) is 0 Å². The second-order valence-electron chi connectivity index (χ2n) is 7.57. The minimum absolute atomic E-state index is 0.280. The lowest BCUT2D eigenvalue weighted by Crippen LogP contribution is -2.71. The van der Waals surface area contributed by atoms with Crippen LogP contribution in [0.4, 0.5) is 0 Å². The Morgan fingerprint density at radius 3 is 1.61 bits per heavy atom. The summed E-state index contributed by atoms with van der Waals surface area (Å²) in [6, 6.07) is 31.3. The lowest BCUT2D eigenvalue weighted by Gasteiger charge is -2.39. The molecule has 1 aliphatic rings. The van der Waals surface area contributed by atoms with Crippen LogP contribution >= 0.6 is 0 Å². The highest BCUT2D eigenvalue weighted by Gasteiger charge is 2.45. The fourth-order valence-corrected chi connectivity index (χ4v) is 8.06. The summed E-state index contributed by atoms with van der Waals surface area (Å²) in [5.74, 6) is -0.372. The first kappa shape index (κ1) is 21.2. The first-order valence-corrected chi connectivity index (χ1v) is 12.4. The number of benzene rings is 3. The molecule has 0 spiro atoms. The predicted molar refractivity (Wildman–Crippen MR) is 124 cm³/mol. The Morgan fingerprint density at radius 2 is 1.23 bits per heavy atom. The number of esters is 1. The minimum Gasteiger partial charge on any atom is -0.432 e. The Hall–Kier alpha value is -2.99. The topological polar surface area (TPSA) is 44.8 Å². The molecule has 0 amide bonds. The molecule has 3 aromatic rings. The highest BCUT2D eigenvalue weighted by molar-refractivity contribution is 7.07. The van der Waals surface area contributed by atoms with Gasteiger partial charge in [-0.15, -0.1) is 0 Å². The molecule has 1 aliphatic heterocycles. The van der Waals surface area contributed by atoms with Crippen LogP contribution in [0.3, 0.4) is 0 Å². The zero-order valence-corrected chi connectivity index (χ0v) is 18.7. The fraction of sp³-hybridized carbons (Fsp3) is 0.192. The van der Waals surface area contributed by atoms with Crippen molar-refractivity contribution in [1.82, 2.24) is 0 Å². The third-order valence-corrected chi connectivity index (χ3v) is 9.47. The van der Waals surface area contributed by atoms with Crippen LogP contribution in [0.25, 0.3) is 0 Å². The van der Waals surface area contributed by atoms with Gasteiger partial charge >= 0.3 is 5.97 Å². The van der Waals surface area contributed by atoms with Gasteiger partial charge in [0.1, 0.15) is 0 Å². The van der Waals surface area contributed by atoms with Gasteiger partial charge in [0.2, 0.25) is 6.29 Å². The number of rotatable bonds is 6. The zero-order valence-electron chi connectivity index (χ0n) is 17.7. The van der Waals surface area contributed by atoms with E-state index in [1.54, 1.807) is 6.08 Å². The number of hydrogen-bond donors (Lipinski definition) is 0. The molecule has 158 valence electrons. The van der Waals surface area contributed by atoms with Crippen molar-refractivity contribution < 1.29 is 18.7 Å². The Labute approximate surface area is 184 Å². The number of carbonyl (C=O) groups excluding carboxylic acids is 1. The van der Waals surface area contributed by atoms with Crippen molar-refractivity contribution in [2.75, 3.05) is 0 Å². The van der Waals surface area contributed by atoms with Crippen LogP contribution in [0.15, 0.2) is 103 Å². The zero-order chi connectivity index (χ0) is 21.7. The second-order valence-corrected chi connectivity index (χ2v) is 10.9. The van der Waals surface area contributed by atoms with Crippen molar-refractivity contribution in [2.45, 2.75) is 32.3 Å². The summed E-state index contributed by atoms with van der Waals surface area (Å²) in [7, 11) is -2.85. The lowest BCUT2D eigenvalue weighted by atomic mass is 10.2. The average molecular weight is 431 g/mol. The molecule has 0 N–H and O–H groups in total. The molecule has 0 saturated carbocycles. The minimum atomic E-state index is -2.85. The highest BCUT2D eigenvalue weighted by Crippen LogP contribution is 2.21. The van der Waals surface area contributed by atoms with Gasteiger partial charge in [-0.1, -0.05) is 97.1 Å². The maximum absolute atomic E-state index is 11.3. The highest BCUT2D eigenvalue weighted by atomic mass is 28.4. The van der Waals surface area contributed by atoms with E-state index < -0.39 is 14.6 Å². The van der Waals surface area contributed by atoms with Crippen LogP contribution in [0, 0.1) is 0 Å². The maximum atomic E-state index is 11.3. The Morgan fingerprint density at radius 1 is 0.774 bits per heavy atom. The van der Waals surface area contributed by atoms with Crippen molar-refractivity contribution in [1.29, 1.82) is 0 Å². The molecule has 0 radical (unpaired) electrons.